The normalized spacial score (nSPS) is 22.5. The van der Waals surface area contributed by atoms with Gasteiger partial charge < -0.3 is 11.1 Å². The molecule has 8 heteroatoms. The Kier molecular flexibility index (Phi) is 5.88. The number of carbonyl (C=O) groups is 1. The van der Waals surface area contributed by atoms with E-state index in [2.05, 4.69) is 20.8 Å². The summed E-state index contributed by atoms with van der Waals surface area (Å²) in [5.74, 6) is 1.08. The van der Waals surface area contributed by atoms with E-state index < -0.39 is 0 Å². The van der Waals surface area contributed by atoms with E-state index in [1.165, 1.54) is 12.8 Å². The Bertz CT molecular complexity index is 760. The standard InChI is InChI=1S/C18H24N6O.ClH/c19-16-7-2-1-4-12(16)11-17(25)20-14-6-3-5-13(10-14)18-21-22-23-24(18)15-8-9-15;/h3,5-6,10,12,15-16H,1-2,4,7-9,11,19H2,(H,20,25);1H. The lowest BCUT2D eigenvalue weighted by molar-refractivity contribution is -0.117. The number of aromatic nitrogens is 4. The second kappa shape index (κ2) is 8.14. The highest BCUT2D eigenvalue weighted by atomic mass is 35.5. The van der Waals surface area contributed by atoms with Crippen molar-refractivity contribution in [2.75, 3.05) is 5.32 Å². The van der Waals surface area contributed by atoms with Crippen molar-refractivity contribution in [1.82, 2.24) is 20.2 Å². The molecule has 26 heavy (non-hydrogen) atoms. The smallest absolute Gasteiger partial charge is 0.224 e. The van der Waals surface area contributed by atoms with Crippen LogP contribution in [-0.4, -0.2) is 32.2 Å². The van der Waals surface area contributed by atoms with E-state index in [0.29, 0.717) is 18.4 Å². The lowest BCUT2D eigenvalue weighted by Gasteiger charge is -2.27. The maximum absolute atomic E-state index is 12.4. The van der Waals surface area contributed by atoms with Gasteiger partial charge in [0.05, 0.1) is 6.04 Å². The van der Waals surface area contributed by atoms with Gasteiger partial charge >= 0.3 is 0 Å². The van der Waals surface area contributed by atoms with Crippen molar-refractivity contribution in [3.63, 3.8) is 0 Å². The van der Waals surface area contributed by atoms with Crippen LogP contribution in [0.3, 0.4) is 0 Å². The maximum atomic E-state index is 12.4. The molecule has 1 aromatic heterocycles. The number of anilines is 1. The number of nitrogens with one attached hydrogen (secondary N) is 1. The third-order valence-electron chi connectivity index (χ3n) is 5.21. The van der Waals surface area contributed by atoms with Crippen LogP contribution in [0.2, 0.25) is 0 Å². The van der Waals surface area contributed by atoms with Crippen molar-refractivity contribution in [3.05, 3.63) is 24.3 Å². The van der Waals surface area contributed by atoms with Crippen molar-refractivity contribution >= 4 is 24.0 Å². The first kappa shape index (κ1) is 18.8. The predicted molar refractivity (Wildman–Crippen MR) is 102 cm³/mol. The topological polar surface area (TPSA) is 98.7 Å². The average molecular weight is 377 g/mol. The molecule has 4 rings (SSSR count). The Labute approximate surface area is 159 Å². The van der Waals surface area contributed by atoms with Gasteiger partial charge in [-0.1, -0.05) is 25.0 Å². The van der Waals surface area contributed by atoms with Crippen LogP contribution in [0.15, 0.2) is 24.3 Å². The zero-order chi connectivity index (χ0) is 17.2. The highest BCUT2D eigenvalue weighted by Crippen LogP contribution is 2.36. The Hall–Kier alpha value is -1.99. The summed E-state index contributed by atoms with van der Waals surface area (Å²) in [6.45, 7) is 0. The summed E-state index contributed by atoms with van der Waals surface area (Å²) in [6, 6.07) is 8.28. The van der Waals surface area contributed by atoms with Crippen molar-refractivity contribution in [2.45, 2.75) is 57.0 Å². The van der Waals surface area contributed by atoms with Crippen LogP contribution >= 0.6 is 12.4 Å². The molecule has 140 valence electrons. The second-order valence-corrected chi connectivity index (χ2v) is 7.22. The summed E-state index contributed by atoms with van der Waals surface area (Å²) in [5.41, 5.74) is 7.85. The fourth-order valence-corrected chi connectivity index (χ4v) is 3.62. The lowest BCUT2D eigenvalue weighted by Crippen LogP contribution is -2.35. The van der Waals surface area contributed by atoms with E-state index in [1.54, 1.807) is 0 Å². The van der Waals surface area contributed by atoms with Crippen LogP contribution < -0.4 is 11.1 Å². The minimum atomic E-state index is 0. The Balaban J connectivity index is 0.00000196. The van der Waals surface area contributed by atoms with Gasteiger partial charge in [-0.3, -0.25) is 4.79 Å². The van der Waals surface area contributed by atoms with Gasteiger partial charge in [-0.15, -0.1) is 17.5 Å². The number of hydrogen-bond acceptors (Lipinski definition) is 5. The minimum absolute atomic E-state index is 0. The summed E-state index contributed by atoms with van der Waals surface area (Å²) in [4.78, 5) is 12.4. The summed E-state index contributed by atoms with van der Waals surface area (Å²) in [6.07, 6.45) is 7.15. The lowest BCUT2D eigenvalue weighted by atomic mass is 9.83. The molecule has 2 fully saturated rings. The number of rotatable bonds is 5. The molecule has 2 aliphatic carbocycles. The molecule has 0 bridgehead atoms. The number of benzene rings is 1. The number of tetrazole rings is 1. The first-order valence-electron chi connectivity index (χ1n) is 9.14. The highest BCUT2D eigenvalue weighted by molar-refractivity contribution is 5.91. The Morgan fingerprint density at radius 2 is 2.04 bits per heavy atom. The fourth-order valence-electron chi connectivity index (χ4n) is 3.62. The molecule has 2 saturated carbocycles. The molecule has 0 saturated heterocycles. The van der Waals surface area contributed by atoms with Crippen LogP contribution in [-0.2, 0) is 4.79 Å². The quantitative estimate of drug-likeness (QED) is 0.835. The van der Waals surface area contributed by atoms with E-state index in [-0.39, 0.29) is 24.4 Å². The van der Waals surface area contributed by atoms with E-state index in [9.17, 15) is 4.79 Å². The van der Waals surface area contributed by atoms with Gasteiger partial charge in [-0.05, 0) is 54.2 Å². The number of nitrogens with two attached hydrogens (primary N) is 1. The molecular weight excluding hydrogens is 352 g/mol. The van der Waals surface area contributed by atoms with Crippen molar-refractivity contribution < 1.29 is 4.79 Å². The molecule has 1 heterocycles. The molecule has 0 aliphatic heterocycles. The Morgan fingerprint density at radius 1 is 1.23 bits per heavy atom. The van der Waals surface area contributed by atoms with Gasteiger partial charge in [0.15, 0.2) is 5.82 Å². The molecule has 1 amide bonds. The van der Waals surface area contributed by atoms with Crippen molar-refractivity contribution in [1.29, 1.82) is 0 Å². The summed E-state index contributed by atoms with van der Waals surface area (Å²) < 4.78 is 1.88. The van der Waals surface area contributed by atoms with Crippen molar-refractivity contribution in [2.24, 2.45) is 11.7 Å². The summed E-state index contributed by atoms with van der Waals surface area (Å²) >= 11 is 0. The first-order valence-corrected chi connectivity index (χ1v) is 9.14. The maximum Gasteiger partial charge on any atom is 0.224 e. The van der Waals surface area contributed by atoms with E-state index >= 15 is 0 Å². The van der Waals surface area contributed by atoms with Gasteiger partial charge in [0.1, 0.15) is 0 Å². The van der Waals surface area contributed by atoms with Gasteiger partial charge in [0.2, 0.25) is 5.91 Å². The van der Waals surface area contributed by atoms with Gasteiger partial charge in [-0.2, -0.15) is 0 Å². The van der Waals surface area contributed by atoms with Crippen LogP contribution in [0.5, 0.6) is 0 Å². The van der Waals surface area contributed by atoms with Crippen LogP contribution in [0.1, 0.15) is 51.0 Å². The molecule has 2 atom stereocenters. The Morgan fingerprint density at radius 3 is 2.81 bits per heavy atom. The number of amides is 1. The zero-order valence-electron chi connectivity index (χ0n) is 14.7. The number of hydrogen-bond donors (Lipinski definition) is 2. The molecule has 2 aliphatic rings. The van der Waals surface area contributed by atoms with Crippen LogP contribution in [0.4, 0.5) is 5.69 Å². The summed E-state index contributed by atoms with van der Waals surface area (Å²) in [5, 5.41) is 15.0. The molecule has 0 spiro atoms. The van der Waals surface area contributed by atoms with Crippen LogP contribution in [0, 0.1) is 5.92 Å². The SMILES string of the molecule is Cl.NC1CCCCC1CC(=O)Nc1cccc(-c2nnnn2C2CC2)c1. The predicted octanol–water partition coefficient (Wildman–Crippen LogP) is 2.94. The monoisotopic (exact) mass is 376 g/mol. The van der Waals surface area contributed by atoms with Crippen molar-refractivity contribution in [3.8, 4) is 11.4 Å². The van der Waals surface area contributed by atoms with Gasteiger partial charge in [0, 0.05) is 23.7 Å². The molecule has 2 unspecified atom stereocenters. The van der Waals surface area contributed by atoms with Gasteiger partial charge in [-0.25, -0.2) is 4.68 Å². The number of halogens is 1. The molecule has 1 aromatic carbocycles. The molecule has 0 radical (unpaired) electrons. The number of nitrogens with zero attached hydrogens (tertiary/aromatic N) is 4. The minimum Gasteiger partial charge on any atom is -0.327 e. The number of carbonyl (C=O) groups excluding carboxylic acids is 1. The van der Waals surface area contributed by atoms with E-state index in [1.807, 2.05) is 28.9 Å². The van der Waals surface area contributed by atoms with E-state index in [4.69, 9.17) is 5.73 Å². The third kappa shape index (κ3) is 4.22. The fraction of sp³-hybridized carbons (Fsp3) is 0.556. The molecule has 2 aromatic rings. The first-order chi connectivity index (χ1) is 12.2. The molecular formula is C18H25ClN6O. The summed E-state index contributed by atoms with van der Waals surface area (Å²) in [7, 11) is 0. The van der Waals surface area contributed by atoms with E-state index in [0.717, 1.165) is 42.8 Å². The third-order valence-corrected chi connectivity index (χ3v) is 5.21. The molecule has 7 nitrogen and oxygen atoms in total. The second-order valence-electron chi connectivity index (χ2n) is 7.22. The largest absolute Gasteiger partial charge is 0.327 e. The average Bonchev–Trinajstić information content (AvgIpc) is 3.34. The zero-order valence-corrected chi connectivity index (χ0v) is 15.5. The van der Waals surface area contributed by atoms with Gasteiger partial charge in [0.25, 0.3) is 0 Å². The molecule has 3 N–H and O–H groups in total. The highest BCUT2D eigenvalue weighted by Gasteiger charge is 2.28. The van der Waals surface area contributed by atoms with Crippen LogP contribution in [0.25, 0.3) is 11.4 Å².